The molecule has 146 valence electrons. The summed E-state index contributed by atoms with van der Waals surface area (Å²) in [6.45, 7) is -0.460. The van der Waals surface area contributed by atoms with E-state index in [1.165, 1.54) is 19.2 Å². The molecular formula is C19H18ClN3O5. The van der Waals surface area contributed by atoms with Crippen molar-refractivity contribution in [3.8, 4) is 0 Å². The second kappa shape index (κ2) is 10.1. The molecule has 0 fully saturated rings. The number of urea groups is 1. The summed E-state index contributed by atoms with van der Waals surface area (Å²) >= 11 is 5.76. The summed E-state index contributed by atoms with van der Waals surface area (Å²) in [5, 5.41) is 7.18. The number of imide groups is 1. The smallest absolute Gasteiger partial charge is 0.326 e. The lowest BCUT2D eigenvalue weighted by Gasteiger charge is -2.17. The number of esters is 1. The molecule has 2 aromatic rings. The Hall–Kier alpha value is -3.39. The highest BCUT2D eigenvalue weighted by Crippen LogP contribution is 2.17. The van der Waals surface area contributed by atoms with Crippen LogP contribution in [0.2, 0.25) is 5.02 Å². The van der Waals surface area contributed by atoms with Gasteiger partial charge in [-0.25, -0.2) is 4.79 Å². The minimum atomic E-state index is -1.35. The van der Waals surface area contributed by atoms with Crippen LogP contribution in [-0.2, 0) is 14.3 Å². The summed E-state index contributed by atoms with van der Waals surface area (Å²) in [5.41, 5.74) is 0.690. The quantitative estimate of drug-likeness (QED) is 0.636. The van der Waals surface area contributed by atoms with Crippen LogP contribution in [0.1, 0.15) is 22.0 Å². The minimum Gasteiger partial charge on any atom is -0.446 e. The number of benzene rings is 2. The predicted molar refractivity (Wildman–Crippen MR) is 102 cm³/mol. The standard InChI is InChI=1S/C19H18ClN3O5/c1-21-19(27)23-18(26)16(12-5-3-2-4-6-12)28-15(24)11-22-17(25)13-7-9-14(20)10-8-13/h2-10,16H,11H2,1H3,(H,22,25)(H2,21,23,26,27)/t16-/m1/s1. The van der Waals surface area contributed by atoms with E-state index in [1.54, 1.807) is 42.5 Å². The average molecular weight is 404 g/mol. The Morgan fingerprint density at radius 2 is 1.64 bits per heavy atom. The molecule has 8 nitrogen and oxygen atoms in total. The zero-order valence-corrected chi connectivity index (χ0v) is 15.7. The molecule has 1 atom stereocenters. The molecular weight excluding hydrogens is 386 g/mol. The van der Waals surface area contributed by atoms with Gasteiger partial charge in [-0.05, 0) is 24.3 Å². The number of hydrogen-bond acceptors (Lipinski definition) is 5. The molecule has 3 N–H and O–H groups in total. The molecule has 0 radical (unpaired) electrons. The van der Waals surface area contributed by atoms with Gasteiger partial charge in [0.05, 0.1) is 0 Å². The molecule has 28 heavy (non-hydrogen) atoms. The lowest BCUT2D eigenvalue weighted by Crippen LogP contribution is -2.42. The van der Waals surface area contributed by atoms with Crippen LogP contribution in [0, 0.1) is 0 Å². The van der Waals surface area contributed by atoms with Gasteiger partial charge in [0.15, 0.2) is 0 Å². The van der Waals surface area contributed by atoms with Crippen LogP contribution in [0.4, 0.5) is 4.79 Å². The molecule has 0 aromatic heterocycles. The molecule has 2 rings (SSSR count). The predicted octanol–water partition coefficient (Wildman–Crippen LogP) is 1.81. The average Bonchev–Trinajstić information content (AvgIpc) is 2.71. The Morgan fingerprint density at radius 1 is 1.00 bits per heavy atom. The maximum absolute atomic E-state index is 12.3. The second-order valence-electron chi connectivity index (χ2n) is 5.54. The molecule has 0 unspecified atom stereocenters. The van der Waals surface area contributed by atoms with E-state index in [-0.39, 0.29) is 0 Å². The molecule has 0 saturated heterocycles. The first-order chi connectivity index (χ1) is 13.4. The Bertz CT molecular complexity index is 856. The van der Waals surface area contributed by atoms with Crippen molar-refractivity contribution in [1.82, 2.24) is 16.0 Å². The maximum Gasteiger partial charge on any atom is 0.326 e. The largest absolute Gasteiger partial charge is 0.446 e. The molecule has 0 bridgehead atoms. The van der Waals surface area contributed by atoms with Crippen LogP contribution in [0.3, 0.4) is 0 Å². The van der Waals surface area contributed by atoms with Crippen molar-refractivity contribution < 1.29 is 23.9 Å². The van der Waals surface area contributed by atoms with Gasteiger partial charge >= 0.3 is 12.0 Å². The maximum atomic E-state index is 12.3. The number of carbonyl (C=O) groups is 4. The zero-order valence-electron chi connectivity index (χ0n) is 14.9. The van der Waals surface area contributed by atoms with Gasteiger partial charge in [-0.3, -0.25) is 19.7 Å². The number of halogens is 1. The van der Waals surface area contributed by atoms with Gasteiger partial charge < -0.3 is 15.4 Å². The van der Waals surface area contributed by atoms with E-state index >= 15 is 0 Å². The molecule has 0 aliphatic carbocycles. The lowest BCUT2D eigenvalue weighted by atomic mass is 10.1. The fourth-order valence-electron chi connectivity index (χ4n) is 2.17. The number of nitrogens with one attached hydrogen (secondary N) is 3. The van der Waals surface area contributed by atoms with Crippen molar-refractivity contribution >= 4 is 35.4 Å². The summed E-state index contributed by atoms with van der Waals surface area (Å²) < 4.78 is 5.18. The number of carbonyl (C=O) groups excluding carboxylic acids is 4. The zero-order chi connectivity index (χ0) is 20.5. The first-order valence-electron chi connectivity index (χ1n) is 8.21. The van der Waals surface area contributed by atoms with Crippen molar-refractivity contribution in [3.63, 3.8) is 0 Å². The summed E-state index contributed by atoms with van der Waals surface area (Å²) in [5.74, 6) is -2.16. The van der Waals surface area contributed by atoms with E-state index in [9.17, 15) is 19.2 Å². The van der Waals surface area contributed by atoms with Crippen LogP contribution in [0.25, 0.3) is 0 Å². The van der Waals surface area contributed by atoms with E-state index in [4.69, 9.17) is 16.3 Å². The van der Waals surface area contributed by atoms with E-state index in [0.29, 0.717) is 16.1 Å². The fourth-order valence-corrected chi connectivity index (χ4v) is 2.30. The van der Waals surface area contributed by atoms with E-state index in [1.807, 2.05) is 0 Å². The summed E-state index contributed by atoms with van der Waals surface area (Å²) in [6, 6.07) is 13.6. The minimum absolute atomic E-state index is 0.314. The fraction of sp³-hybridized carbons (Fsp3) is 0.158. The highest BCUT2D eigenvalue weighted by molar-refractivity contribution is 6.30. The number of ether oxygens (including phenoxy) is 1. The highest BCUT2D eigenvalue weighted by atomic mass is 35.5. The third kappa shape index (κ3) is 6.10. The second-order valence-corrected chi connectivity index (χ2v) is 5.97. The van der Waals surface area contributed by atoms with Crippen molar-refractivity contribution in [1.29, 1.82) is 0 Å². The number of rotatable bonds is 6. The Morgan fingerprint density at radius 3 is 2.25 bits per heavy atom. The SMILES string of the molecule is CNC(=O)NC(=O)[C@H](OC(=O)CNC(=O)c1ccc(Cl)cc1)c1ccccc1. The molecule has 0 aliphatic rings. The van der Waals surface area contributed by atoms with E-state index < -0.39 is 36.5 Å². The third-order valence-electron chi connectivity index (χ3n) is 3.55. The number of amides is 4. The van der Waals surface area contributed by atoms with Gasteiger partial charge in [0.2, 0.25) is 6.10 Å². The van der Waals surface area contributed by atoms with E-state index in [2.05, 4.69) is 16.0 Å². The van der Waals surface area contributed by atoms with E-state index in [0.717, 1.165) is 0 Å². The van der Waals surface area contributed by atoms with Gasteiger partial charge in [-0.15, -0.1) is 0 Å². The summed E-state index contributed by atoms with van der Waals surface area (Å²) in [7, 11) is 1.35. The van der Waals surface area contributed by atoms with Crippen LogP contribution in [-0.4, -0.2) is 37.4 Å². The van der Waals surface area contributed by atoms with Gasteiger partial charge in [0.25, 0.3) is 11.8 Å². The van der Waals surface area contributed by atoms with Crippen LogP contribution in [0.15, 0.2) is 54.6 Å². The molecule has 2 aromatic carbocycles. The van der Waals surface area contributed by atoms with Gasteiger partial charge in [-0.2, -0.15) is 0 Å². The topological polar surface area (TPSA) is 114 Å². The van der Waals surface area contributed by atoms with Gasteiger partial charge in [-0.1, -0.05) is 41.9 Å². The lowest BCUT2D eigenvalue weighted by molar-refractivity contribution is -0.155. The Kier molecular flexibility index (Phi) is 7.53. The first-order valence-corrected chi connectivity index (χ1v) is 8.59. The van der Waals surface area contributed by atoms with Crippen LogP contribution >= 0.6 is 11.6 Å². The normalized spacial score (nSPS) is 11.1. The summed E-state index contributed by atoms with van der Waals surface area (Å²) in [4.78, 5) is 47.9. The van der Waals surface area contributed by atoms with Crippen LogP contribution in [0.5, 0.6) is 0 Å². The Balaban J connectivity index is 2.01. The third-order valence-corrected chi connectivity index (χ3v) is 3.81. The molecule has 0 spiro atoms. The van der Waals surface area contributed by atoms with Crippen molar-refractivity contribution in [2.75, 3.05) is 13.6 Å². The molecule has 0 saturated carbocycles. The van der Waals surface area contributed by atoms with Gasteiger partial charge in [0, 0.05) is 23.2 Å². The highest BCUT2D eigenvalue weighted by Gasteiger charge is 2.26. The summed E-state index contributed by atoms with van der Waals surface area (Å²) in [6.07, 6.45) is -1.35. The van der Waals surface area contributed by atoms with Crippen molar-refractivity contribution in [2.45, 2.75) is 6.10 Å². The van der Waals surface area contributed by atoms with Crippen molar-refractivity contribution in [2.24, 2.45) is 0 Å². The molecule has 0 heterocycles. The first kappa shape index (κ1) is 20.9. The van der Waals surface area contributed by atoms with Gasteiger partial charge in [0.1, 0.15) is 6.54 Å². The monoisotopic (exact) mass is 403 g/mol. The molecule has 0 aliphatic heterocycles. The number of hydrogen-bond donors (Lipinski definition) is 3. The molecule has 9 heteroatoms. The molecule has 4 amide bonds. The Labute approximate surface area is 166 Å². The van der Waals surface area contributed by atoms with Crippen molar-refractivity contribution in [3.05, 3.63) is 70.7 Å². The van der Waals surface area contributed by atoms with Crippen LogP contribution < -0.4 is 16.0 Å².